The monoisotopic (exact) mass is 272 g/mol. The molecule has 0 saturated heterocycles. The third kappa shape index (κ3) is 2.27. The van der Waals surface area contributed by atoms with E-state index in [1.165, 1.54) is 0 Å². The van der Waals surface area contributed by atoms with Crippen LogP contribution in [-0.4, -0.2) is 26.4 Å². The molecule has 0 aromatic carbocycles. The fourth-order valence-corrected chi connectivity index (χ4v) is 2.59. The summed E-state index contributed by atoms with van der Waals surface area (Å²) in [6.45, 7) is 1.90. The van der Waals surface area contributed by atoms with Crippen LogP contribution in [0.1, 0.15) is 41.5 Å². The molecular formula is C14H16N4O2. The molecule has 0 amide bonds. The highest BCUT2D eigenvalue weighted by molar-refractivity contribution is 5.19. The van der Waals surface area contributed by atoms with Crippen LogP contribution in [0.2, 0.25) is 0 Å². The number of aromatic nitrogens is 4. The van der Waals surface area contributed by atoms with E-state index in [-0.39, 0.29) is 5.56 Å². The fraction of sp³-hybridized carbons (Fsp3) is 0.500. The predicted octanol–water partition coefficient (Wildman–Crippen LogP) is 0.965. The number of nitrogens with one attached hydrogen (secondary N) is 1. The average Bonchev–Trinajstić information content (AvgIpc) is 3.19. The van der Waals surface area contributed by atoms with Crippen molar-refractivity contribution in [3.05, 3.63) is 45.4 Å². The summed E-state index contributed by atoms with van der Waals surface area (Å²) in [7, 11) is 0. The van der Waals surface area contributed by atoms with Crippen LogP contribution in [0.25, 0.3) is 0 Å². The van der Waals surface area contributed by atoms with Gasteiger partial charge >= 0.3 is 0 Å². The van der Waals surface area contributed by atoms with Gasteiger partial charge in [-0.15, -0.1) is 0 Å². The minimum absolute atomic E-state index is 0.0721. The smallest absolute Gasteiger partial charge is 0.251 e. The molecule has 2 aliphatic rings. The molecule has 2 aromatic rings. The first-order chi connectivity index (χ1) is 9.78. The molecular weight excluding hydrogens is 256 g/mol. The molecule has 0 radical (unpaired) electrons. The maximum atomic E-state index is 11.7. The highest BCUT2D eigenvalue weighted by Gasteiger charge is 2.26. The molecule has 104 valence electrons. The van der Waals surface area contributed by atoms with Gasteiger partial charge in [-0.3, -0.25) is 9.48 Å². The van der Waals surface area contributed by atoms with E-state index in [0.717, 1.165) is 48.6 Å². The second-order valence-corrected chi connectivity index (χ2v) is 5.50. The maximum Gasteiger partial charge on any atom is 0.251 e. The Labute approximate surface area is 115 Å². The molecule has 2 aromatic heterocycles. The third-order valence-corrected chi connectivity index (χ3v) is 3.77. The zero-order valence-electron chi connectivity index (χ0n) is 11.1. The van der Waals surface area contributed by atoms with Crippen molar-refractivity contribution in [2.75, 3.05) is 6.61 Å². The van der Waals surface area contributed by atoms with Gasteiger partial charge in [-0.1, -0.05) is 0 Å². The van der Waals surface area contributed by atoms with Crippen molar-refractivity contribution in [1.82, 2.24) is 19.7 Å². The molecule has 1 fully saturated rings. The van der Waals surface area contributed by atoms with Gasteiger partial charge in [-0.2, -0.15) is 5.10 Å². The van der Waals surface area contributed by atoms with Crippen LogP contribution in [0.4, 0.5) is 0 Å². The van der Waals surface area contributed by atoms with Crippen molar-refractivity contribution in [2.24, 2.45) is 0 Å². The van der Waals surface area contributed by atoms with Gasteiger partial charge in [-0.05, 0) is 12.8 Å². The molecule has 1 aliphatic carbocycles. The van der Waals surface area contributed by atoms with Gasteiger partial charge in [0.15, 0.2) is 0 Å². The van der Waals surface area contributed by atoms with Crippen molar-refractivity contribution >= 4 is 0 Å². The first kappa shape index (κ1) is 11.8. The number of hydrogen-bond acceptors (Lipinski definition) is 4. The van der Waals surface area contributed by atoms with Crippen LogP contribution < -0.4 is 5.56 Å². The molecule has 1 N–H and O–H groups in total. The minimum Gasteiger partial charge on any atom is -0.376 e. The largest absolute Gasteiger partial charge is 0.376 e. The highest BCUT2D eigenvalue weighted by Crippen LogP contribution is 2.37. The third-order valence-electron chi connectivity index (χ3n) is 3.77. The van der Waals surface area contributed by atoms with Crippen molar-refractivity contribution in [3.63, 3.8) is 0 Å². The van der Waals surface area contributed by atoms with Crippen molar-refractivity contribution < 1.29 is 4.74 Å². The topological polar surface area (TPSA) is 72.8 Å². The Bertz CT molecular complexity index is 676. The quantitative estimate of drug-likeness (QED) is 0.903. The molecule has 6 nitrogen and oxygen atoms in total. The second kappa shape index (κ2) is 4.56. The lowest BCUT2D eigenvalue weighted by molar-refractivity contribution is 0.110. The zero-order chi connectivity index (χ0) is 13.5. The SMILES string of the molecule is O=c1cc(Cn2cc3c(n2)CCOC3)nc(C2CC2)[nH]1. The van der Waals surface area contributed by atoms with Gasteiger partial charge in [0.05, 0.1) is 31.1 Å². The highest BCUT2D eigenvalue weighted by atomic mass is 16.5. The van der Waals surface area contributed by atoms with Gasteiger partial charge in [0.1, 0.15) is 5.82 Å². The van der Waals surface area contributed by atoms with E-state index in [9.17, 15) is 4.79 Å². The van der Waals surface area contributed by atoms with E-state index >= 15 is 0 Å². The van der Waals surface area contributed by atoms with Crippen molar-refractivity contribution in [3.8, 4) is 0 Å². The molecule has 1 aliphatic heterocycles. The van der Waals surface area contributed by atoms with Gasteiger partial charge in [0, 0.05) is 30.2 Å². The molecule has 20 heavy (non-hydrogen) atoms. The summed E-state index contributed by atoms with van der Waals surface area (Å²) in [5.74, 6) is 1.27. The van der Waals surface area contributed by atoms with Crippen LogP contribution in [0.15, 0.2) is 17.1 Å². The summed E-state index contributed by atoms with van der Waals surface area (Å²) >= 11 is 0. The lowest BCUT2D eigenvalue weighted by Crippen LogP contribution is -2.14. The van der Waals surface area contributed by atoms with E-state index in [4.69, 9.17) is 4.74 Å². The average molecular weight is 272 g/mol. The van der Waals surface area contributed by atoms with E-state index in [2.05, 4.69) is 15.1 Å². The van der Waals surface area contributed by atoms with Gasteiger partial charge in [0.2, 0.25) is 0 Å². The summed E-state index contributed by atoms with van der Waals surface area (Å²) in [5, 5.41) is 4.55. The minimum atomic E-state index is -0.0721. The molecule has 6 heteroatoms. The van der Waals surface area contributed by atoms with Crippen LogP contribution in [-0.2, 0) is 24.3 Å². The van der Waals surface area contributed by atoms with E-state index < -0.39 is 0 Å². The van der Waals surface area contributed by atoms with Crippen LogP contribution in [0, 0.1) is 0 Å². The normalized spacial score (nSPS) is 18.0. The Morgan fingerprint density at radius 3 is 3.15 bits per heavy atom. The van der Waals surface area contributed by atoms with E-state index in [0.29, 0.717) is 19.1 Å². The van der Waals surface area contributed by atoms with Crippen LogP contribution in [0.5, 0.6) is 0 Å². The Hall–Kier alpha value is -1.95. The Morgan fingerprint density at radius 1 is 1.45 bits per heavy atom. The number of hydrogen-bond donors (Lipinski definition) is 1. The summed E-state index contributed by atoms with van der Waals surface area (Å²) in [6, 6.07) is 1.56. The van der Waals surface area contributed by atoms with Crippen LogP contribution >= 0.6 is 0 Å². The summed E-state index contributed by atoms with van der Waals surface area (Å²) < 4.78 is 7.27. The molecule has 3 heterocycles. The van der Waals surface area contributed by atoms with Crippen LogP contribution in [0.3, 0.4) is 0 Å². The number of fused-ring (bicyclic) bond motifs is 1. The summed E-state index contributed by atoms with van der Waals surface area (Å²) in [4.78, 5) is 19.1. The Kier molecular flexibility index (Phi) is 2.70. The number of rotatable bonds is 3. The van der Waals surface area contributed by atoms with E-state index in [1.54, 1.807) is 6.07 Å². The van der Waals surface area contributed by atoms with Crippen molar-refractivity contribution in [2.45, 2.75) is 38.3 Å². The fourth-order valence-electron chi connectivity index (χ4n) is 2.59. The van der Waals surface area contributed by atoms with Gasteiger partial charge in [0.25, 0.3) is 5.56 Å². The van der Waals surface area contributed by atoms with Gasteiger partial charge in [-0.25, -0.2) is 4.98 Å². The standard InChI is InChI=1S/C14H16N4O2/c19-13-5-11(15-14(16-13)9-1-2-9)7-18-6-10-8-20-4-3-12(10)17-18/h5-6,9H,1-4,7-8H2,(H,15,16,19). The van der Waals surface area contributed by atoms with E-state index in [1.807, 2.05) is 10.9 Å². The first-order valence-corrected chi connectivity index (χ1v) is 7.01. The Morgan fingerprint density at radius 2 is 2.35 bits per heavy atom. The second-order valence-electron chi connectivity index (χ2n) is 5.50. The zero-order valence-corrected chi connectivity index (χ0v) is 11.1. The molecule has 0 spiro atoms. The maximum absolute atomic E-state index is 11.7. The molecule has 0 bridgehead atoms. The lowest BCUT2D eigenvalue weighted by atomic mass is 10.2. The molecule has 0 unspecified atom stereocenters. The summed E-state index contributed by atoms with van der Waals surface area (Å²) in [6.07, 6.45) is 5.10. The number of aromatic amines is 1. The number of H-pyrrole nitrogens is 1. The number of nitrogens with zero attached hydrogens (tertiary/aromatic N) is 3. The summed E-state index contributed by atoms with van der Waals surface area (Å²) in [5.41, 5.74) is 2.94. The molecule has 4 rings (SSSR count). The molecule has 0 atom stereocenters. The molecule has 1 saturated carbocycles. The Balaban J connectivity index is 1.61. The van der Waals surface area contributed by atoms with Gasteiger partial charge < -0.3 is 9.72 Å². The van der Waals surface area contributed by atoms with Crippen molar-refractivity contribution in [1.29, 1.82) is 0 Å². The lowest BCUT2D eigenvalue weighted by Gasteiger charge is -2.08. The number of ether oxygens (including phenoxy) is 1. The first-order valence-electron chi connectivity index (χ1n) is 7.01. The predicted molar refractivity (Wildman–Crippen MR) is 71.5 cm³/mol.